The number of methoxy groups -OCH3 is 1. The van der Waals surface area contributed by atoms with Gasteiger partial charge in [-0.15, -0.1) is 0 Å². The Kier molecular flexibility index (Phi) is 13.0. The highest BCUT2D eigenvalue weighted by molar-refractivity contribution is 7.97. The highest BCUT2D eigenvalue weighted by atomic mass is 32.2. The molecule has 0 radical (unpaired) electrons. The molecule has 0 aromatic heterocycles. The van der Waals surface area contributed by atoms with Gasteiger partial charge >= 0.3 is 13.7 Å². The number of carbonyl (C=O) groups is 2. The Balaban J connectivity index is 1.29. The average Bonchev–Trinajstić information content (AvgIpc) is 3.69. The number of hydrogen-bond acceptors (Lipinski definition) is 11. The van der Waals surface area contributed by atoms with E-state index in [0.29, 0.717) is 32.2 Å². The summed E-state index contributed by atoms with van der Waals surface area (Å²) < 4.78 is 40.8. The number of benzene rings is 2. The summed E-state index contributed by atoms with van der Waals surface area (Å²) in [6.45, 7) is 3.01. The maximum absolute atomic E-state index is 13.2. The van der Waals surface area contributed by atoms with Crippen molar-refractivity contribution in [2.24, 2.45) is 11.8 Å². The van der Waals surface area contributed by atoms with Gasteiger partial charge in [-0.2, -0.15) is 0 Å². The highest BCUT2D eigenvalue weighted by Gasteiger charge is 2.44. The second kappa shape index (κ2) is 17.2. The molecule has 16 heteroatoms. The molecule has 1 unspecified atom stereocenters. The molecule has 4 N–H and O–H groups in total. The monoisotopic (exact) mass is 709 g/mol. The van der Waals surface area contributed by atoms with Crippen molar-refractivity contribution in [1.82, 2.24) is 14.5 Å². The van der Waals surface area contributed by atoms with Crippen LogP contribution in [0.1, 0.15) is 24.8 Å². The largest absolute Gasteiger partial charge is 0.497 e. The zero-order valence-corrected chi connectivity index (χ0v) is 28.5. The standard InChI is InChI=1S/C32H44N3O11PS/c1-42-24-6-8-26(9-7-24)48-35(17-23-10-13-34(20-36)14-11-23)18-29(37)28(16-22-2-4-25(5-3-22)45-21-47(39,40)41)33-32(38)46-30-19-44-31-27(30)12-15-43-31/h2-9,20,23,27-31,37H,10-19,21H2,1H3,(H,33,38)(H2,39,40,41)/t27-,28-,29+,30?,31+/m0/s1. The number of aliphatic hydroxyl groups excluding tert-OH is 1. The summed E-state index contributed by atoms with van der Waals surface area (Å²) in [4.78, 5) is 45.5. The molecule has 0 bridgehead atoms. The van der Waals surface area contributed by atoms with Crippen molar-refractivity contribution < 1.29 is 52.7 Å². The van der Waals surface area contributed by atoms with Crippen molar-refractivity contribution in [3.05, 3.63) is 54.1 Å². The first-order chi connectivity index (χ1) is 23.1. The number of aliphatic hydroxyl groups is 1. The Hall–Kier alpha value is -2.88. The van der Waals surface area contributed by atoms with Crippen molar-refractivity contribution in [3.8, 4) is 11.5 Å². The van der Waals surface area contributed by atoms with Crippen LogP contribution in [-0.4, -0.2) is 114 Å². The smallest absolute Gasteiger partial charge is 0.407 e. The van der Waals surface area contributed by atoms with E-state index < -0.39 is 38.3 Å². The number of nitrogens with zero attached hydrogens (tertiary/aromatic N) is 2. The quantitative estimate of drug-likeness (QED) is 0.114. The number of piperidine rings is 1. The van der Waals surface area contributed by atoms with E-state index in [0.717, 1.165) is 41.9 Å². The number of carbonyl (C=O) groups excluding carboxylic acids is 2. The highest BCUT2D eigenvalue weighted by Crippen LogP contribution is 2.35. The zero-order valence-electron chi connectivity index (χ0n) is 26.8. The molecule has 2 aromatic carbocycles. The molecule has 0 aliphatic carbocycles. The van der Waals surface area contributed by atoms with E-state index in [4.69, 9.17) is 33.5 Å². The third kappa shape index (κ3) is 10.8. The van der Waals surface area contributed by atoms with Gasteiger partial charge in [0.1, 0.15) is 17.6 Å². The minimum absolute atomic E-state index is 0.0400. The fourth-order valence-electron chi connectivity index (χ4n) is 6.09. The van der Waals surface area contributed by atoms with Gasteiger partial charge in [0.25, 0.3) is 0 Å². The van der Waals surface area contributed by atoms with Crippen molar-refractivity contribution in [2.45, 2.75) is 55.1 Å². The maximum atomic E-state index is 13.2. The van der Waals surface area contributed by atoms with Gasteiger partial charge in [0, 0.05) is 31.1 Å². The van der Waals surface area contributed by atoms with Crippen LogP contribution >= 0.6 is 19.5 Å². The van der Waals surface area contributed by atoms with Crippen molar-refractivity contribution >= 4 is 32.0 Å². The zero-order chi connectivity index (χ0) is 34.1. The molecule has 3 saturated heterocycles. The van der Waals surface area contributed by atoms with E-state index in [-0.39, 0.29) is 37.5 Å². The van der Waals surface area contributed by atoms with E-state index in [1.165, 1.54) is 11.9 Å². The Morgan fingerprint density at radius 2 is 1.81 bits per heavy atom. The van der Waals surface area contributed by atoms with Gasteiger partial charge in [-0.05, 0) is 85.5 Å². The molecule has 2 aromatic rings. The van der Waals surface area contributed by atoms with E-state index >= 15 is 0 Å². The lowest BCUT2D eigenvalue weighted by Gasteiger charge is -2.34. The normalized spacial score (nSPS) is 22.6. The number of alkyl carbamates (subject to hydrolysis) is 1. The van der Waals surface area contributed by atoms with E-state index in [9.17, 15) is 19.3 Å². The predicted octanol–water partition coefficient (Wildman–Crippen LogP) is 2.85. The molecule has 3 heterocycles. The molecule has 2 amide bonds. The van der Waals surface area contributed by atoms with E-state index in [1.54, 1.807) is 36.3 Å². The number of nitrogens with one attached hydrogen (secondary N) is 1. The molecular formula is C32H44N3O11PS. The van der Waals surface area contributed by atoms with Gasteiger partial charge in [0.05, 0.1) is 38.4 Å². The maximum Gasteiger partial charge on any atom is 0.407 e. The average molecular weight is 710 g/mol. The SMILES string of the molecule is COc1ccc(SN(CC2CCN(C=O)CC2)C[C@@H](O)[C@H](Cc2ccc(OCP(=O)(O)O)cc2)NC(=O)OC2CO[C@H]3OCC[C@@H]23)cc1. The number of likely N-dealkylation sites (tertiary alicyclic amines) is 1. The molecule has 5 atom stereocenters. The van der Waals surface area contributed by atoms with Crippen LogP contribution in [0.2, 0.25) is 0 Å². The molecule has 3 aliphatic heterocycles. The number of rotatable bonds is 16. The van der Waals surface area contributed by atoms with Crippen LogP contribution in [0.4, 0.5) is 4.79 Å². The number of amides is 2. The molecule has 14 nitrogen and oxygen atoms in total. The van der Waals surface area contributed by atoms with Crippen molar-refractivity contribution in [2.75, 3.05) is 52.9 Å². The molecule has 264 valence electrons. The van der Waals surface area contributed by atoms with Gasteiger partial charge in [-0.3, -0.25) is 9.36 Å². The Morgan fingerprint density at radius 3 is 2.48 bits per heavy atom. The molecule has 48 heavy (non-hydrogen) atoms. The lowest BCUT2D eigenvalue weighted by molar-refractivity contribution is -0.119. The Labute approximate surface area is 284 Å². The van der Waals surface area contributed by atoms with Gasteiger partial charge in [0.2, 0.25) is 6.41 Å². The summed E-state index contributed by atoms with van der Waals surface area (Å²) in [6, 6.07) is 13.5. The summed E-state index contributed by atoms with van der Waals surface area (Å²) in [6.07, 6.45) is 0.268. The van der Waals surface area contributed by atoms with E-state index in [1.807, 2.05) is 24.3 Å². The minimum Gasteiger partial charge on any atom is -0.497 e. The van der Waals surface area contributed by atoms with E-state index in [2.05, 4.69) is 9.62 Å². The Morgan fingerprint density at radius 1 is 1.10 bits per heavy atom. The molecule has 0 spiro atoms. The van der Waals surface area contributed by atoms with Crippen LogP contribution in [0.3, 0.4) is 0 Å². The van der Waals surface area contributed by atoms with Crippen LogP contribution in [0.15, 0.2) is 53.4 Å². The van der Waals surface area contributed by atoms with Crippen LogP contribution in [0.5, 0.6) is 11.5 Å². The fraction of sp³-hybridized carbons (Fsp3) is 0.562. The topological polar surface area (TPSA) is 177 Å². The minimum atomic E-state index is -4.34. The summed E-state index contributed by atoms with van der Waals surface area (Å²) in [7, 11) is -2.73. The third-order valence-corrected chi connectivity index (χ3v) is 10.2. The second-order valence-electron chi connectivity index (χ2n) is 12.3. The second-order valence-corrected chi connectivity index (χ2v) is 15.0. The fourth-order valence-corrected chi connectivity index (χ4v) is 7.47. The molecule has 3 fully saturated rings. The van der Waals surface area contributed by atoms with Crippen molar-refractivity contribution in [3.63, 3.8) is 0 Å². The lowest BCUT2D eigenvalue weighted by Crippen LogP contribution is -2.50. The van der Waals surface area contributed by atoms with Crippen LogP contribution in [-0.2, 0) is 30.0 Å². The Bertz CT molecular complexity index is 1370. The first-order valence-electron chi connectivity index (χ1n) is 16.0. The van der Waals surface area contributed by atoms with Gasteiger partial charge in [-0.25, -0.2) is 9.10 Å². The van der Waals surface area contributed by atoms with Crippen LogP contribution < -0.4 is 14.8 Å². The first-order valence-corrected chi connectivity index (χ1v) is 18.6. The summed E-state index contributed by atoms with van der Waals surface area (Å²) in [5.74, 6) is 1.28. The predicted molar refractivity (Wildman–Crippen MR) is 175 cm³/mol. The molecule has 3 aliphatic rings. The number of hydrogen-bond donors (Lipinski definition) is 4. The van der Waals surface area contributed by atoms with Gasteiger partial charge in [-0.1, -0.05) is 12.1 Å². The van der Waals surface area contributed by atoms with Gasteiger partial charge < -0.3 is 48.8 Å². The lowest BCUT2D eigenvalue weighted by atomic mass is 9.96. The summed E-state index contributed by atoms with van der Waals surface area (Å²) in [5.41, 5.74) is 0.756. The van der Waals surface area contributed by atoms with Crippen LogP contribution in [0.25, 0.3) is 0 Å². The molecule has 0 saturated carbocycles. The molecule has 5 rings (SSSR count). The summed E-state index contributed by atoms with van der Waals surface area (Å²) >= 11 is 1.50. The van der Waals surface area contributed by atoms with Crippen LogP contribution in [0, 0.1) is 11.8 Å². The summed E-state index contributed by atoms with van der Waals surface area (Å²) in [5, 5.41) is 14.6. The number of fused-ring (bicyclic) bond motifs is 1. The first kappa shape index (κ1) is 36.4. The van der Waals surface area contributed by atoms with Gasteiger partial charge in [0.15, 0.2) is 12.6 Å². The molecular weight excluding hydrogens is 665 g/mol. The van der Waals surface area contributed by atoms with Crippen molar-refractivity contribution in [1.29, 1.82) is 0 Å². The number of ether oxygens (including phenoxy) is 5. The third-order valence-electron chi connectivity index (χ3n) is 8.73.